The SMILES string of the molecule is COC(=O)Cc1ccc(OC(C)c2ccccc2)c(NC(=O)Nc2ccc(C(=N)N)cc2)c1. The van der Waals surface area contributed by atoms with Gasteiger partial charge in [0.05, 0.1) is 19.2 Å². The Labute approximate surface area is 192 Å². The maximum atomic E-state index is 12.7. The molecular weight excluding hydrogens is 420 g/mol. The van der Waals surface area contributed by atoms with E-state index in [0.29, 0.717) is 28.3 Å². The standard InChI is InChI=1S/C25H26N4O4/c1-16(18-6-4-3-5-7-18)33-22-13-8-17(15-23(30)32-2)14-21(22)29-25(31)28-20-11-9-19(10-12-20)24(26)27/h3-14,16H,15H2,1-2H3,(H3,26,27)(H2,28,29,31). The zero-order valence-corrected chi connectivity index (χ0v) is 18.4. The number of benzene rings is 3. The van der Waals surface area contributed by atoms with Gasteiger partial charge in [0.25, 0.3) is 0 Å². The molecule has 0 aliphatic heterocycles. The van der Waals surface area contributed by atoms with Crippen LogP contribution in [0.4, 0.5) is 16.2 Å². The number of amides is 2. The van der Waals surface area contributed by atoms with Crippen LogP contribution in [0, 0.1) is 5.41 Å². The van der Waals surface area contributed by atoms with E-state index >= 15 is 0 Å². The first-order valence-electron chi connectivity index (χ1n) is 10.3. The number of nitrogens with two attached hydrogens (primary N) is 1. The third-order valence-electron chi connectivity index (χ3n) is 4.89. The number of carbonyl (C=O) groups is 2. The number of methoxy groups -OCH3 is 1. The van der Waals surface area contributed by atoms with Crippen molar-refractivity contribution in [1.29, 1.82) is 5.41 Å². The summed E-state index contributed by atoms with van der Waals surface area (Å²) in [5.74, 6) is 0.0204. The fourth-order valence-corrected chi connectivity index (χ4v) is 3.13. The molecule has 0 radical (unpaired) electrons. The minimum atomic E-state index is -0.488. The molecule has 0 saturated heterocycles. The largest absolute Gasteiger partial charge is 0.484 e. The Morgan fingerprint density at radius 1 is 1.00 bits per heavy atom. The van der Waals surface area contributed by atoms with Crippen molar-refractivity contribution >= 4 is 29.2 Å². The van der Waals surface area contributed by atoms with Crippen molar-refractivity contribution in [1.82, 2.24) is 0 Å². The first kappa shape index (κ1) is 23.3. The lowest BCUT2D eigenvalue weighted by atomic mass is 10.1. The lowest BCUT2D eigenvalue weighted by Gasteiger charge is -2.19. The maximum absolute atomic E-state index is 12.7. The molecule has 3 rings (SSSR count). The lowest BCUT2D eigenvalue weighted by molar-refractivity contribution is -0.139. The van der Waals surface area contributed by atoms with Gasteiger partial charge in [0, 0.05) is 11.3 Å². The molecule has 1 unspecified atom stereocenters. The fraction of sp³-hybridized carbons (Fsp3) is 0.160. The van der Waals surface area contributed by atoms with Gasteiger partial charge in [-0.25, -0.2) is 4.79 Å². The van der Waals surface area contributed by atoms with Crippen molar-refractivity contribution < 1.29 is 19.1 Å². The number of rotatable bonds is 8. The summed E-state index contributed by atoms with van der Waals surface area (Å²) in [6.07, 6.45) is -0.200. The van der Waals surface area contributed by atoms with Gasteiger partial charge < -0.3 is 25.8 Å². The van der Waals surface area contributed by atoms with Gasteiger partial charge in [-0.15, -0.1) is 0 Å². The highest BCUT2D eigenvalue weighted by Gasteiger charge is 2.15. The summed E-state index contributed by atoms with van der Waals surface area (Å²) in [7, 11) is 1.32. The molecule has 0 heterocycles. The van der Waals surface area contributed by atoms with Crippen molar-refractivity contribution in [2.24, 2.45) is 5.73 Å². The minimum Gasteiger partial charge on any atom is -0.484 e. The maximum Gasteiger partial charge on any atom is 0.323 e. The summed E-state index contributed by atoms with van der Waals surface area (Å²) in [6, 6.07) is 21.0. The lowest BCUT2D eigenvalue weighted by Crippen LogP contribution is -2.20. The van der Waals surface area contributed by atoms with Crippen LogP contribution in [-0.4, -0.2) is 24.9 Å². The Bertz CT molecular complexity index is 1130. The predicted molar refractivity (Wildman–Crippen MR) is 128 cm³/mol. The van der Waals surface area contributed by atoms with Crippen molar-refractivity contribution in [3.05, 3.63) is 89.5 Å². The van der Waals surface area contributed by atoms with Crippen LogP contribution in [0.25, 0.3) is 0 Å². The Kier molecular flexibility index (Phi) is 7.64. The van der Waals surface area contributed by atoms with Crippen LogP contribution in [-0.2, 0) is 16.0 Å². The third-order valence-corrected chi connectivity index (χ3v) is 4.89. The number of hydrogen-bond donors (Lipinski definition) is 4. The van der Waals surface area contributed by atoms with E-state index in [0.717, 1.165) is 5.56 Å². The number of amidine groups is 1. The van der Waals surface area contributed by atoms with Crippen LogP contribution in [0.3, 0.4) is 0 Å². The van der Waals surface area contributed by atoms with Crippen LogP contribution in [0.5, 0.6) is 5.75 Å². The summed E-state index contributed by atoms with van der Waals surface area (Å²) in [4.78, 5) is 24.4. The highest BCUT2D eigenvalue weighted by molar-refractivity contribution is 6.01. The molecule has 0 aliphatic carbocycles. The monoisotopic (exact) mass is 446 g/mol. The van der Waals surface area contributed by atoms with Gasteiger partial charge in [0.15, 0.2) is 0 Å². The zero-order valence-electron chi connectivity index (χ0n) is 18.4. The van der Waals surface area contributed by atoms with E-state index in [9.17, 15) is 9.59 Å². The van der Waals surface area contributed by atoms with Crippen molar-refractivity contribution in [3.8, 4) is 5.75 Å². The van der Waals surface area contributed by atoms with E-state index in [4.69, 9.17) is 20.6 Å². The third kappa shape index (κ3) is 6.57. The molecule has 0 aromatic heterocycles. The summed E-state index contributed by atoms with van der Waals surface area (Å²) in [5, 5.41) is 13.0. The fourth-order valence-electron chi connectivity index (χ4n) is 3.13. The first-order valence-corrected chi connectivity index (χ1v) is 10.3. The number of anilines is 2. The number of urea groups is 1. The van der Waals surface area contributed by atoms with Gasteiger partial charge in [0.1, 0.15) is 17.7 Å². The number of nitrogens with one attached hydrogen (secondary N) is 3. The molecule has 0 aliphatic rings. The number of esters is 1. The molecule has 170 valence electrons. The van der Waals surface area contributed by atoms with Gasteiger partial charge in [-0.3, -0.25) is 10.2 Å². The molecule has 3 aromatic rings. The average Bonchev–Trinajstić information content (AvgIpc) is 2.81. The Morgan fingerprint density at radius 2 is 1.70 bits per heavy atom. The van der Waals surface area contributed by atoms with Crippen LogP contribution < -0.4 is 21.1 Å². The second-order valence-corrected chi connectivity index (χ2v) is 7.32. The molecule has 0 bridgehead atoms. The predicted octanol–water partition coefficient (Wildman–Crippen LogP) is 4.47. The molecule has 0 spiro atoms. The molecular formula is C25H26N4O4. The van der Waals surface area contributed by atoms with Gasteiger partial charge in [-0.1, -0.05) is 36.4 Å². The topological polar surface area (TPSA) is 127 Å². The molecule has 0 fully saturated rings. The van der Waals surface area contributed by atoms with Crippen LogP contribution in [0.2, 0.25) is 0 Å². The quantitative estimate of drug-likeness (QED) is 0.231. The van der Waals surface area contributed by atoms with Gasteiger partial charge in [-0.05, 0) is 54.4 Å². The Morgan fingerprint density at radius 3 is 2.33 bits per heavy atom. The normalized spacial score (nSPS) is 11.2. The van der Waals surface area contributed by atoms with E-state index in [-0.39, 0.29) is 24.3 Å². The van der Waals surface area contributed by atoms with Crippen LogP contribution in [0.1, 0.15) is 29.7 Å². The van der Waals surface area contributed by atoms with E-state index < -0.39 is 6.03 Å². The van der Waals surface area contributed by atoms with Crippen LogP contribution in [0.15, 0.2) is 72.8 Å². The smallest absolute Gasteiger partial charge is 0.323 e. The molecule has 1 atom stereocenters. The van der Waals surface area contributed by atoms with Crippen molar-refractivity contribution in [2.45, 2.75) is 19.4 Å². The van der Waals surface area contributed by atoms with Gasteiger partial charge >= 0.3 is 12.0 Å². The van der Waals surface area contributed by atoms with Gasteiger partial charge in [-0.2, -0.15) is 0 Å². The molecule has 8 heteroatoms. The molecule has 0 saturated carbocycles. The zero-order chi connectivity index (χ0) is 23.8. The minimum absolute atomic E-state index is 0.0530. The highest BCUT2D eigenvalue weighted by Crippen LogP contribution is 2.31. The molecule has 2 amide bonds. The first-order chi connectivity index (χ1) is 15.9. The second-order valence-electron chi connectivity index (χ2n) is 7.32. The molecule has 3 aromatic carbocycles. The number of ether oxygens (including phenoxy) is 2. The molecule has 8 nitrogen and oxygen atoms in total. The average molecular weight is 447 g/mol. The van der Waals surface area contributed by atoms with E-state index in [1.807, 2.05) is 37.3 Å². The van der Waals surface area contributed by atoms with Crippen LogP contribution >= 0.6 is 0 Å². The number of nitrogen functional groups attached to an aromatic ring is 1. The summed E-state index contributed by atoms with van der Waals surface area (Å²) in [5.41, 5.74) is 8.62. The van der Waals surface area contributed by atoms with Crippen molar-refractivity contribution in [2.75, 3.05) is 17.7 Å². The van der Waals surface area contributed by atoms with Crippen molar-refractivity contribution in [3.63, 3.8) is 0 Å². The molecule has 33 heavy (non-hydrogen) atoms. The summed E-state index contributed by atoms with van der Waals surface area (Å²) < 4.78 is 10.9. The number of carbonyl (C=O) groups excluding carboxylic acids is 2. The van der Waals surface area contributed by atoms with E-state index in [1.165, 1.54) is 7.11 Å². The van der Waals surface area contributed by atoms with E-state index in [2.05, 4.69) is 10.6 Å². The van der Waals surface area contributed by atoms with E-state index in [1.54, 1.807) is 42.5 Å². The Balaban J connectivity index is 1.79. The number of hydrogen-bond acceptors (Lipinski definition) is 5. The summed E-state index contributed by atoms with van der Waals surface area (Å²) in [6.45, 7) is 1.91. The second kappa shape index (κ2) is 10.8. The Hall–Kier alpha value is -4.33. The van der Waals surface area contributed by atoms with Gasteiger partial charge in [0.2, 0.25) is 0 Å². The molecule has 5 N–H and O–H groups in total. The summed E-state index contributed by atoms with van der Waals surface area (Å²) >= 11 is 0. The highest BCUT2D eigenvalue weighted by atomic mass is 16.5.